The molecule has 1 atom stereocenters. The van der Waals surface area contributed by atoms with Crippen molar-refractivity contribution < 1.29 is 19.1 Å². The molecule has 2 aromatic heterocycles. The highest BCUT2D eigenvalue weighted by Gasteiger charge is 2.33. The summed E-state index contributed by atoms with van der Waals surface area (Å²) in [5.74, 6) is 0.564. The first kappa shape index (κ1) is 20.8. The van der Waals surface area contributed by atoms with Gasteiger partial charge in [-0.1, -0.05) is 30.0 Å². The number of esters is 1. The first-order valence-corrected chi connectivity index (χ1v) is 10.8. The molecule has 0 saturated carbocycles. The molecular formula is C22H22N4O4S. The summed E-state index contributed by atoms with van der Waals surface area (Å²) in [6.07, 6.45) is 3.70. The van der Waals surface area contributed by atoms with Gasteiger partial charge in [-0.25, -0.2) is 14.6 Å². The molecule has 8 nitrogen and oxygen atoms in total. The fourth-order valence-corrected chi connectivity index (χ4v) is 4.32. The molecule has 0 saturated heterocycles. The number of methoxy groups -OCH3 is 1. The number of imidazole rings is 1. The molecule has 0 radical (unpaired) electrons. The van der Waals surface area contributed by atoms with E-state index in [2.05, 4.69) is 15.6 Å². The number of carbonyl (C=O) groups is 2. The minimum absolute atomic E-state index is 0.233. The Bertz CT molecular complexity index is 1140. The second kappa shape index (κ2) is 9.13. The molecule has 2 N–H and O–H groups in total. The van der Waals surface area contributed by atoms with Crippen molar-refractivity contribution in [2.75, 3.05) is 19.5 Å². The average molecular weight is 439 g/mol. The number of pyridine rings is 1. The molecule has 4 rings (SSSR count). The maximum Gasteiger partial charge on any atom is 0.338 e. The highest BCUT2D eigenvalue weighted by molar-refractivity contribution is 7.99. The fourth-order valence-electron chi connectivity index (χ4n) is 3.39. The smallest absolute Gasteiger partial charge is 0.338 e. The standard InChI is InChI=1S/C22H22N4O4S/c1-3-30-20(27)18-17(13-31-22-23-12-15-6-4-5-11-26(15)22)24-21(28)25-19(18)14-7-9-16(29-2)10-8-14/h4-12,19H,3,13H2,1-2H3,(H2,24,25,28)/t19-/m1/s1. The molecule has 0 bridgehead atoms. The summed E-state index contributed by atoms with van der Waals surface area (Å²) < 4.78 is 12.5. The number of amides is 2. The van der Waals surface area contributed by atoms with E-state index in [1.807, 2.05) is 40.9 Å². The molecule has 0 fully saturated rings. The van der Waals surface area contributed by atoms with Crippen LogP contribution in [0.1, 0.15) is 18.5 Å². The van der Waals surface area contributed by atoms with Crippen molar-refractivity contribution in [3.05, 3.63) is 71.7 Å². The monoisotopic (exact) mass is 438 g/mol. The van der Waals surface area contributed by atoms with E-state index >= 15 is 0 Å². The van der Waals surface area contributed by atoms with E-state index in [-0.39, 0.29) is 12.6 Å². The number of hydrogen-bond acceptors (Lipinski definition) is 6. The molecule has 160 valence electrons. The van der Waals surface area contributed by atoms with Gasteiger partial charge in [0.05, 0.1) is 37.0 Å². The van der Waals surface area contributed by atoms with Gasteiger partial charge in [-0.15, -0.1) is 0 Å². The Balaban J connectivity index is 1.68. The van der Waals surface area contributed by atoms with Gasteiger partial charge in [-0.2, -0.15) is 0 Å². The molecule has 0 spiro atoms. The second-order valence-corrected chi connectivity index (χ2v) is 7.68. The molecule has 0 unspecified atom stereocenters. The van der Waals surface area contributed by atoms with Crippen molar-refractivity contribution >= 4 is 29.3 Å². The minimum Gasteiger partial charge on any atom is -0.497 e. The third-order valence-corrected chi connectivity index (χ3v) is 5.84. The summed E-state index contributed by atoms with van der Waals surface area (Å²) in [5.41, 5.74) is 2.60. The van der Waals surface area contributed by atoms with Crippen LogP contribution in [-0.4, -0.2) is 40.9 Å². The number of aromatic nitrogens is 2. The lowest BCUT2D eigenvalue weighted by Gasteiger charge is -2.29. The third kappa shape index (κ3) is 4.36. The summed E-state index contributed by atoms with van der Waals surface area (Å²) in [6, 6.07) is 12.0. The normalized spacial score (nSPS) is 16.1. The lowest BCUT2D eigenvalue weighted by atomic mass is 9.95. The Morgan fingerprint density at radius 1 is 1.23 bits per heavy atom. The van der Waals surface area contributed by atoms with Crippen LogP contribution < -0.4 is 15.4 Å². The molecule has 0 aliphatic carbocycles. The second-order valence-electron chi connectivity index (χ2n) is 6.74. The number of benzene rings is 1. The zero-order valence-corrected chi connectivity index (χ0v) is 17.9. The van der Waals surface area contributed by atoms with E-state index in [0.29, 0.717) is 22.8 Å². The molecule has 3 aromatic rings. The van der Waals surface area contributed by atoms with Crippen molar-refractivity contribution in [3.63, 3.8) is 0 Å². The van der Waals surface area contributed by atoms with Gasteiger partial charge in [0.1, 0.15) is 5.75 Å². The Morgan fingerprint density at radius 2 is 2.03 bits per heavy atom. The summed E-state index contributed by atoms with van der Waals surface area (Å²) >= 11 is 1.43. The number of nitrogens with zero attached hydrogens (tertiary/aromatic N) is 2. The molecule has 3 heterocycles. The summed E-state index contributed by atoms with van der Waals surface area (Å²) in [7, 11) is 1.58. The Hall–Kier alpha value is -3.46. The van der Waals surface area contributed by atoms with Gasteiger partial charge in [0.15, 0.2) is 5.16 Å². The summed E-state index contributed by atoms with van der Waals surface area (Å²) in [5, 5.41) is 6.38. The van der Waals surface area contributed by atoms with Crippen LogP contribution in [0, 0.1) is 0 Å². The molecule has 2 amide bonds. The maximum atomic E-state index is 12.9. The highest BCUT2D eigenvalue weighted by Crippen LogP contribution is 2.31. The van der Waals surface area contributed by atoms with E-state index < -0.39 is 12.0 Å². The first-order chi connectivity index (χ1) is 15.1. The number of nitrogens with one attached hydrogen (secondary N) is 2. The van der Waals surface area contributed by atoms with Crippen molar-refractivity contribution in [3.8, 4) is 5.75 Å². The number of carbonyl (C=O) groups excluding carboxylic acids is 2. The number of rotatable bonds is 7. The fraction of sp³-hybridized carbons (Fsp3) is 0.227. The average Bonchev–Trinajstić information content (AvgIpc) is 3.20. The largest absolute Gasteiger partial charge is 0.497 e. The van der Waals surface area contributed by atoms with Gasteiger partial charge in [0, 0.05) is 17.6 Å². The van der Waals surface area contributed by atoms with E-state index in [0.717, 1.165) is 16.2 Å². The zero-order valence-electron chi connectivity index (χ0n) is 17.1. The Labute approximate surface area is 183 Å². The van der Waals surface area contributed by atoms with Crippen molar-refractivity contribution in [1.82, 2.24) is 20.0 Å². The number of thioether (sulfide) groups is 1. The van der Waals surface area contributed by atoms with Gasteiger partial charge in [-0.05, 0) is 36.8 Å². The van der Waals surface area contributed by atoms with Crippen LogP contribution in [0.4, 0.5) is 4.79 Å². The lowest BCUT2D eigenvalue weighted by Crippen LogP contribution is -2.46. The first-order valence-electron chi connectivity index (χ1n) is 9.77. The van der Waals surface area contributed by atoms with Crippen molar-refractivity contribution in [2.45, 2.75) is 18.1 Å². The van der Waals surface area contributed by atoms with Crippen LogP contribution in [0.5, 0.6) is 5.75 Å². The van der Waals surface area contributed by atoms with Crippen LogP contribution in [0.15, 0.2) is 71.3 Å². The van der Waals surface area contributed by atoms with Crippen LogP contribution >= 0.6 is 11.8 Å². The highest BCUT2D eigenvalue weighted by atomic mass is 32.2. The zero-order chi connectivity index (χ0) is 21.8. The van der Waals surface area contributed by atoms with Gasteiger partial charge in [-0.3, -0.25) is 4.40 Å². The molecule has 1 aliphatic rings. The van der Waals surface area contributed by atoms with Crippen molar-refractivity contribution in [2.24, 2.45) is 0 Å². The topological polar surface area (TPSA) is 94.0 Å². The van der Waals surface area contributed by atoms with Crippen LogP contribution in [0.25, 0.3) is 5.52 Å². The Morgan fingerprint density at radius 3 is 2.77 bits per heavy atom. The minimum atomic E-state index is -0.633. The predicted octanol–water partition coefficient (Wildman–Crippen LogP) is 3.31. The van der Waals surface area contributed by atoms with E-state index in [1.54, 1.807) is 32.4 Å². The third-order valence-electron chi connectivity index (χ3n) is 4.85. The number of fused-ring (bicyclic) bond motifs is 1. The maximum absolute atomic E-state index is 12.9. The van der Waals surface area contributed by atoms with E-state index in [4.69, 9.17) is 9.47 Å². The van der Waals surface area contributed by atoms with Crippen LogP contribution in [0.3, 0.4) is 0 Å². The van der Waals surface area contributed by atoms with E-state index in [1.165, 1.54) is 11.8 Å². The summed E-state index contributed by atoms with van der Waals surface area (Å²) in [6.45, 7) is 1.98. The molecule has 1 aliphatic heterocycles. The van der Waals surface area contributed by atoms with Crippen LogP contribution in [0.2, 0.25) is 0 Å². The van der Waals surface area contributed by atoms with Gasteiger partial charge >= 0.3 is 12.0 Å². The number of hydrogen-bond donors (Lipinski definition) is 2. The quantitative estimate of drug-likeness (QED) is 0.434. The lowest BCUT2D eigenvalue weighted by molar-refractivity contribution is -0.139. The summed E-state index contributed by atoms with van der Waals surface area (Å²) in [4.78, 5) is 29.7. The SMILES string of the molecule is CCOC(=O)C1=C(CSc2ncc3ccccn23)NC(=O)N[C@@H]1c1ccc(OC)cc1. The van der Waals surface area contributed by atoms with Gasteiger partial charge in [0.2, 0.25) is 0 Å². The Kier molecular flexibility index (Phi) is 6.13. The molecule has 31 heavy (non-hydrogen) atoms. The van der Waals surface area contributed by atoms with E-state index in [9.17, 15) is 9.59 Å². The van der Waals surface area contributed by atoms with Crippen LogP contribution in [-0.2, 0) is 9.53 Å². The number of ether oxygens (including phenoxy) is 2. The molecular weight excluding hydrogens is 416 g/mol. The number of urea groups is 1. The van der Waals surface area contributed by atoms with Crippen molar-refractivity contribution in [1.29, 1.82) is 0 Å². The molecule has 9 heteroatoms. The van der Waals surface area contributed by atoms with Gasteiger partial charge in [0.25, 0.3) is 0 Å². The predicted molar refractivity (Wildman–Crippen MR) is 117 cm³/mol. The van der Waals surface area contributed by atoms with Gasteiger partial charge < -0.3 is 20.1 Å². The molecule has 1 aromatic carbocycles.